The van der Waals surface area contributed by atoms with Crippen molar-refractivity contribution in [3.8, 4) is 5.75 Å². The van der Waals surface area contributed by atoms with Crippen LogP contribution in [0.15, 0.2) is 53.6 Å². The van der Waals surface area contributed by atoms with Gasteiger partial charge in [-0.05, 0) is 37.0 Å². The number of methoxy groups -OCH3 is 1. The van der Waals surface area contributed by atoms with Crippen LogP contribution in [0, 0.1) is 5.92 Å². The minimum Gasteiger partial charge on any atom is -0.494 e. The van der Waals surface area contributed by atoms with E-state index in [1.165, 1.54) is 32.1 Å². The number of nitrogens with one attached hydrogen (secondary N) is 1. The maximum atomic E-state index is 12.6. The summed E-state index contributed by atoms with van der Waals surface area (Å²) in [5, 5.41) is 5.63. The number of aromatic nitrogens is 2. The molecule has 1 N–H and O–H groups in total. The van der Waals surface area contributed by atoms with E-state index in [0.717, 1.165) is 22.3 Å². The highest BCUT2D eigenvalue weighted by Crippen LogP contribution is 2.32. The first-order valence-electron chi connectivity index (χ1n) is 9.51. The van der Waals surface area contributed by atoms with E-state index in [4.69, 9.17) is 4.74 Å². The molecule has 2 aromatic carbocycles. The minimum absolute atomic E-state index is 0.678. The Hall–Kier alpha value is -2.34. The van der Waals surface area contributed by atoms with Gasteiger partial charge >= 0.3 is 0 Å². The van der Waals surface area contributed by atoms with Crippen LogP contribution in [0.3, 0.4) is 0 Å². The molecule has 1 unspecified atom stereocenters. The lowest BCUT2D eigenvalue weighted by atomic mass is 9.89. The summed E-state index contributed by atoms with van der Waals surface area (Å²) in [4.78, 5) is 0.729. The fourth-order valence-corrected chi connectivity index (χ4v) is 4.70. The Kier molecular flexibility index (Phi) is 5.43. The molecule has 0 radical (unpaired) electrons. The molecular formula is C21H25N3O2S. The summed E-state index contributed by atoms with van der Waals surface area (Å²) in [7, 11) is 0.293. The summed E-state index contributed by atoms with van der Waals surface area (Å²) in [5.74, 6) is 1.38. The molecule has 5 nitrogen and oxygen atoms in total. The van der Waals surface area contributed by atoms with Gasteiger partial charge in [0.2, 0.25) is 0 Å². The number of benzene rings is 2. The standard InChI is InChI=1S/C21H25N3O2S/c1-26-21-13-20-17(14-22-24(20)15-16-8-4-2-5-9-16)12-19(21)23-27(25)18-10-6-3-7-11-18/h3,6-7,10-14,16,23H,2,4-5,8-9,15H2,1H3. The zero-order chi connectivity index (χ0) is 18.6. The van der Waals surface area contributed by atoms with E-state index in [1.54, 1.807) is 7.11 Å². The summed E-state index contributed by atoms with van der Waals surface area (Å²) in [5.41, 5.74) is 1.78. The number of ether oxygens (including phenoxy) is 1. The number of rotatable bonds is 6. The molecule has 1 aromatic heterocycles. The molecule has 1 saturated carbocycles. The molecule has 1 atom stereocenters. The van der Waals surface area contributed by atoms with Gasteiger partial charge in [-0.3, -0.25) is 9.40 Å². The zero-order valence-corrected chi connectivity index (χ0v) is 16.4. The third-order valence-corrected chi connectivity index (χ3v) is 6.38. The normalized spacial score (nSPS) is 16.3. The summed E-state index contributed by atoms with van der Waals surface area (Å²) >= 11 is 0. The number of fused-ring (bicyclic) bond motifs is 1. The largest absolute Gasteiger partial charge is 0.494 e. The van der Waals surface area contributed by atoms with Gasteiger partial charge in [0, 0.05) is 18.0 Å². The van der Waals surface area contributed by atoms with Gasteiger partial charge in [-0.1, -0.05) is 37.5 Å². The SMILES string of the molecule is COc1cc2c(cnn2CC2CCCCC2)cc1NS(=O)c1ccccc1. The van der Waals surface area contributed by atoms with Gasteiger partial charge in [0.25, 0.3) is 0 Å². The highest BCUT2D eigenvalue weighted by atomic mass is 32.2. The Labute approximate surface area is 162 Å². The Balaban J connectivity index is 1.60. The van der Waals surface area contributed by atoms with Crippen LogP contribution >= 0.6 is 0 Å². The quantitative estimate of drug-likeness (QED) is 0.668. The van der Waals surface area contributed by atoms with E-state index in [0.29, 0.717) is 17.4 Å². The first kappa shape index (κ1) is 18.0. The fraction of sp³-hybridized carbons (Fsp3) is 0.381. The Morgan fingerprint density at radius 1 is 1.19 bits per heavy atom. The van der Waals surface area contributed by atoms with Crippen LogP contribution in [0.25, 0.3) is 10.9 Å². The molecule has 0 spiro atoms. The van der Waals surface area contributed by atoms with Crippen molar-refractivity contribution in [1.82, 2.24) is 9.78 Å². The molecule has 0 saturated heterocycles. The highest BCUT2D eigenvalue weighted by Gasteiger charge is 2.17. The third kappa shape index (κ3) is 4.00. The minimum atomic E-state index is -1.35. The number of hydrogen-bond acceptors (Lipinski definition) is 3. The maximum absolute atomic E-state index is 12.6. The van der Waals surface area contributed by atoms with Crippen molar-refractivity contribution in [3.05, 3.63) is 48.7 Å². The van der Waals surface area contributed by atoms with E-state index < -0.39 is 11.0 Å². The van der Waals surface area contributed by atoms with E-state index in [2.05, 4.69) is 14.5 Å². The molecule has 1 aliphatic carbocycles. The van der Waals surface area contributed by atoms with Crippen LogP contribution in [0.1, 0.15) is 32.1 Å². The van der Waals surface area contributed by atoms with Crippen LogP contribution < -0.4 is 9.46 Å². The van der Waals surface area contributed by atoms with Gasteiger partial charge in [-0.25, -0.2) is 4.21 Å². The monoisotopic (exact) mass is 383 g/mol. The van der Waals surface area contributed by atoms with Crippen LogP contribution in [0.2, 0.25) is 0 Å². The number of hydrogen-bond donors (Lipinski definition) is 1. The van der Waals surface area contributed by atoms with Crippen molar-refractivity contribution in [2.45, 2.75) is 43.5 Å². The Bertz CT molecular complexity index is 933. The van der Waals surface area contributed by atoms with Crippen molar-refractivity contribution < 1.29 is 8.95 Å². The Morgan fingerprint density at radius 3 is 2.70 bits per heavy atom. The van der Waals surface area contributed by atoms with Crippen molar-refractivity contribution in [2.75, 3.05) is 11.8 Å². The summed E-state index contributed by atoms with van der Waals surface area (Å²) in [6.07, 6.45) is 8.47. The first-order chi connectivity index (χ1) is 13.2. The predicted octanol–water partition coefficient (Wildman–Crippen LogP) is 4.76. The van der Waals surface area contributed by atoms with Crippen molar-refractivity contribution in [2.24, 2.45) is 5.92 Å². The summed E-state index contributed by atoms with van der Waals surface area (Å²) in [6.45, 7) is 0.954. The van der Waals surface area contributed by atoms with Gasteiger partial charge in [0.15, 0.2) is 0 Å². The average Bonchev–Trinajstić information content (AvgIpc) is 3.10. The molecule has 4 rings (SSSR count). The maximum Gasteiger partial charge on any atom is 0.150 e. The van der Waals surface area contributed by atoms with Gasteiger partial charge < -0.3 is 4.74 Å². The second-order valence-electron chi connectivity index (χ2n) is 7.13. The van der Waals surface area contributed by atoms with Crippen molar-refractivity contribution in [1.29, 1.82) is 0 Å². The Morgan fingerprint density at radius 2 is 1.96 bits per heavy atom. The molecule has 142 valence electrons. The van der Waals surface area contributed by atoms with E-state index in [9.17, 15) is 4.21 Å². The zero-order valence-electron chi connectivity index (χ0n) is 15.6. The molecule has 0 amide bonds. The van der Waals surface area contributed by atoms with Gasteiger partial charge in [0.05, 0.1) is 29.4 Å². The average molecular weight is 384 g/mol. The van der Waals surface area contributed by atoms with Crippen molar-refractivity contribution >= 4 is 27.6 Å². The molecule has 1 fully saturated rings. The number of nitrogens with zero attached hydrogens (tertiary/aromatic N) is 2. The molecular weight excluding hydrogens is 358 g/mol. The fourth-order valence-electron chi connectivity index (χ4n) is 3.82. The topological polar surface area (TPSA) is 56.1 Å². The molecule has 27 heavy (non-hydrogen) atoms. The van der Waals surface area contributed by atoms with Crippen LogP contribution in [-0.4, -0.2) is 21.1 Å². The van der Waals surface area contributed by atoms with Gasteiger partial charge in [0.1, 0.15) is 16.7 Å². The van der Waals surface area contributed by atoms with Crippen molar-refractivity contribution in [3.63, 3.8) is 0 Å². The van der Waals surface area contributed by atoms with Crippen LogP contribution in [0.5, 0.6) is 5.75 Å². The number of anilines is 1. The van der Waals surface area contributed by atoms with E-state index in [-0.39, 0.29) is 0 Å². The molecule has 1 heterocycles. The second-order valence-corrected chi connectivity index (χ2v) is 8.34. The molecule has 1 aliphatic rings. The second kappa shape index (κ2) is 8.13. The molecule has 3 aromatic rings. The first-order valence-corrected chi connectivity index (χ1v) is 10.7. The van der Waals surface area contributed by atoms with E-state index in [1.807, 2.05) is 48.7 Å². The lowest BCUT2D eigenvalue weighted by molar-refractivity contribution is 0.312. The smallest absolute Gasteiger partial charge is 0.150 e. The lowest BCUT2D eigenvalue weighted by Crippen LogP contribution is -2.15. The lowest BCUT2D eigenvalue weighted by Gasteiger charge is -2.21. The molecule has 6 heteroatoms. The van der Waals surface area contributed by atoms with Gasteiger partial charge in [-0.15, -0.1) is 0 Å². The predicted molar refractivity (Wildman–Crippen MR) is 109 cm³/mol. The van der Waals surface area contributed by atoms with Gasteiger partial charge in [-0.2, -0.15) is 5.10 Å². The summed E-state index contributed by atoms with van der Waals surface area (Å²) in [6, 6.07) is 13.3. The van der Waals surface area contributed by atoms with E-state index >= 15 is 0 Å². The third-order valence-electron chi connectivity index (χ3n) is 5.28. The molecule has 0 aliphatic heterocycles. The summed E-state index contributed by atoms with van der Waals surface area (Å²) < 4.78 is 23.3. The molecule has 0 bridgehead atoms. The van der Waals surface area contributed by atoms with Crippen LogP contribution in [0.4, 0.5) is 5.69 Å². The van der Waals surface area contributed by atoms with Crippen LogP contribution in [-0.2, 0) is 17.5 Å². The highest BCUT2D eigenvalue weighted by molar-refractivity contribution is 7.86.